The molecule has 0 radical (unpaired) electrons. The molecule has 3 amide bonds. The molecular weight excluding hydrogens is 312 g/mol. The standard InChI is InChI=1S/C16H22N4O4/c1-10-8-13(18-24-10)17-14(21)9-19(2)16(23)12-4-3-7-20(12)15(22)11-5-6-11/h8,11-12H,3-7,9H2,1-2H3,(H,17,18,21). The number of hydrogen-bond donors (Lipinski definition) is 1. The van der Waals surface area contributed by atoms with Crippen LogP contribution in [0.1, 0.15) is 31.4 Å². The third-order valence-corrected chi connectivity index (χ3v) is 4.40. The maximum absolute atomic E-state index is 12.6. The molecule has 0 aromatic carbocycles. The monoisotopic (exact) mass is 334 g/mol. The van der Waals surface area contributed by atoms with Gasteiger partial charge in [-0.05, 0) is 32.6 Å². The lowest BCUT2D eigenvalue weighted by molar-refractivity contribution is -0.144. The van der Waals surface area contributed by atoms with E-state index < -0.39 is 6.04 Å². The van der Waals surface area contributed by atoms with Crippen molar-refractivity contribution in [2.24, 2.45) is 5.92 Å². The SMILES string of the molecule is Cc1cc(NC(=O)CN(C)C(=O)C2CCCN2C(=O)C2CC2)no1. The molecular formula is C16H22N4O4. The van der Waals surface area contributed by atoms with Crippen LogP contribution >= 0.6 is 0 Å². The number of nitrogens with one attached hydrogen (secondary N) is 1. The average Bonchev–Trinajstić information content (AvgIpc) is 3.14. The minimum Gasteiger partial charge on any atom is -0.360 e. The number of rotatable bonds is 5. The number of nitrogens with zero attached hydrogens (tertiary/aromatic N) is 3. The predicted molar refractivity (Wildman–Crippen MR) is 85.0 cm³/mol. The Morgan fingerprint density at radius 1 is 1.38 bits per heavy atom. The lowest BCUT2D eigenvalue weighted by Gasteiger charge is -2.27. The van der Waals surface area contributed by atoms with Crippen LogP contribution in [0.3, 0.4) is 0 Å². The van der Waals surface area contributed by atoms with Gasteiger partial charge in [0.05, 0.1) is 6.54 Å². The summed E-state index contributed by atoms with van der Waals surface area (Å²) in [6.07, 6.45) is 3.33. The van der Waals surface area contributed by atoms with Crippen molar-refractivity contribution in [1.82, 2.24) is 15.0 Å². The zero-order valence-electron chi connectivity index (χ0n) is 13.9. The van der Waals surface area contributed by atoms with E-state index in [4.69, 9.17) is 4.52 Å². The van der Waals surface area contributed by atoms with E-state index >= 15 is 0 Å². The molecule has 1 aromatic heterocycles. The number of carbonyl (C=O) groups excluding carboxylic acids is 3. The fraction of sp³-hybridized carbons (Fsp3) is 0.625. The highest BCUT2D eigenvalue weighted by atomic mass is 16.5. The minimum atomic E-state index is -0.440. The Bertz CT molecular complexity index is 652. The van der Waals surface area contributed by atoms with E-state index in [1.807, 2.05) is 0 Å². The summed E-state index contributed by atoms with van der Waals surface area (Å²) in [5.74, 6) is 0.564. The van der Waals surface area contributed by atoms with Gasteiger partial charge in [-0.15, -0.1) is 0 Å². The lowest BCUT2D eigenvalue weighted by atomic mass is 10.2. The predicted octanol–water partition coefficient (Wildman–Crippen LogP) is 0.781. The molecule has 3 rings (SSSR count). The second-order valence-corrected chi connectivity index (χ2v) is 6.53. The molecule has 1 aliphatic carbocycles. The fourth-order valence-corrected chi connectivity index (χ4v) is 3.01. The van der Waals surface area contributed by atoms with Gasteiger partial charge in [0.1, 0.15) is 11.8 Å². The fourth-order valence-electron chi connectivity index (χ4n) is 3.01. The molecule has 1 N–H and O–H groups in total. The molecule has 1 unspecified atom stereocenters. The van der Waals surface area contributed by atoms with Crippen molar-refractivity contribution in [3.05, 3.63) is 11.8 Å². The second-order valence-electron chi connectivity index (χ2n) is 6.53. The van der Waals surface area contributed by atoms with Crippen molar-refractivity contribution >= 4 is 23.5 Å². The molecule has 24 heavy (non-hydrogen) atoms. The van der Waals surface area contributed by atoms with Gasteiger partial charge in [-0.2, -0.15) is 0 Å². The summed E-state index contributed by atoms with van der Waals surface area (Å²) < 4.78 is 4.88. The highest BCUT2D eigenvalue weighted by Gasteiger charge is 2.41. The Morgan fingerprint density at radius 2 is 2.12 bits per heavy atom. The first-order valence-corrected chi connectivity index (χ1v) is 8.24. The van der Waals surface area contributed by atoms with Gasteiger partial charge >= 0.3 is 0 Å². The maximum atomic E-state index is 12.6. The zero-order chi connectivity index (χ0) is 17.3. The number of carbonyl (C=O) groups is 3. The Hall–Kier alpha value is -2.38. The van der Waals surface area contributed by atoms with E-state index in [1.165, 1.54) is 4.90 Å². The molecule has 130 valence electrons. The smallest absolute Gasteiger partial charge is 0.245 e. The van der Waals surface area contributed by atoms with Crippen LogP contribution in [-0.2, 0) is 14.4 Å². The summed E-state index contributed by atoms with van der Waals surface area (Å²) in [4.78, 5) is 40.0. The van der Waals surface area contributed by atoms with E-state index in [2.05, 4.69) is 10.5 Å². The molecule has 8 heteroatoms. The van der Waals surface area contributed by atoms with Gasteiger partial charge in [0.2, 0.25) is 17.7 Å². The van der Waals surface area contributed by atoms with E-state index in [0.29, 0.717) is 24.5 Å². The summed E-state index contributed by atoms with van der Waals surface area (Å²) in [5, 5.41) is 6.27. The normalized spacial score (nSPS) is 20.1. The molecule has 0 bridgehead atoms. The Labute approximate surface area is 140 Å². The molecule has 2 heterocycles. The van der Waals surface area contributed by atoms with Crippen LogP contribution in [0.15, 0.2) is 10.6 Å². The maximum Gasteiger partial charge on any atom is 0.245 e. The molecule has 1 saturated carbocycles. The van der Waals surface area contributed by atoms with Gasteiger partial charge in [-0.1, -0.05) is 5.16 Å². The molecule has 1 atom stereocenters. The van der Waals surface area contributed by atoms with Gasteiger partial charge in [0.15, 0.2) is 5.82 Å². The Balaban J connectivity index is 1.55. The number of hydrogen-bond acceptors (Lipinski definition) is 5. The summed E-state index contributed by atoms with van der Waals surface area (Å²) in [6.45, 7) is 2.26. The highest BCUT2D eigenvalue weighted by molar-refractivity contribution is 5.95. The van der Waals surface area contributed by atoms with E-state index in [-0.39, 0.29) is 30.2 Å². The minimum absolute atomic E-state index is 0.0850. The topological polar surface area (TPSA) is 95.8 Å². The number of likely N-dealkylation sites (tertiary alicyclic amines) is 1. The molecule has 1 aromatic rings. The van der Waals surface area contributed by atoms with Gasteiger partial charge in [-0.25, -0.2) is 0 Å². The third-order valence-electron chi connectivity index (χ3n) is 4.40. The van der Waals surface area contributed by atoms with Crippen LogP contribution in [0.25, 0.3) is 0 Å². The Morgan fingerprint density at radius 3 is 2.75 bits per heavy atom. The van der Waals surface area contributed by atoms with Gasteiger partial charge in [0.25, 0.3) is 0 Å². The summed E-state index contributed by atoms with van der Waals surface area (Å²) >= 11 is 0. The second kappa shape index (κ2) is 6.62. The van der Waals surface area contributed by atoms with Crippen LogP contribution in [0.4, 0.5) is 5.82 Å². The van der Waals surface area contributed by atoms with Crippen molar-refractivity contribution in [1.29, 1.82) is 0 Å². The van der Waals surface area contributed by atoms with Crippen LogP contribution < -0.4 is 5.32 Å². The largest absolute Gasteiger partial charge is 0.360 e. The first-order valence-electron chi connectivity index (χ1n) is 8.24. The van der Waals surface area contributed by atoms with Crippen LogP contribution in [0.5, 0.6) is 0 Å². The van der Waals surface area contributed by atoms with Crippen LogP contribution in [0.2, 0.25) is 0 Å². The lowest BCUT2D eigenvalue weighted by Crippen LogP contribution is -2.48. The van der Waals surface area contributed by atoms with Gasteiger partial charge < -0.3 is 19.6 Å². The van der Waals surface area contributed by atoms with Gasteiger partial charge in [0, 0.05) is 25.6 Å². The first kappa shape index (κ1) is 16.5. The molecule has 8 nitrogen and oxygen atoms in total. The number of likely N-dealkylation sites (N-methyl/N-ethyl adjacent to an activating group) is 1. The van der Waals surface area contributed by atoms with E-state index in [9.17, 15) is 14.4 Å². The van der Waals surface area contributed by atoms with Crippen molar-refractivity contribution < 1.29 is 18.9 Å². The third kappa shape index (κ3) is 3.58. The van der Waals surface area contributed by atoms with Crippen LogP contribution in [0, 0.1) is 12.8 Å². The van der Waals surface area contributed by atoms with E-state index in [1.54, 1.807) is 24.9 Å². The molecule has 0 spiro atoms. The summed E-state index contributed by atoms with van der Waals surface area (Å²) in [5.41, 5.74) is 0. The highest BCUT2D eigenvalue weighted by Crippen LogP contribution is 2.33. The van der Waals surface area contributed by atoms with Gasteiger partial charge in [-0.3, -0.25) is 14.4 Å². The number of anilines is 1. The number of amides is 3. The van der Waals surface area contributed by atoms with Crippen molar-refractivity contribution in [2.75, 3.05) is 25.5 Å². The first-order chi connectivity index (χ1) is 11.5. The summed E-state index contributed by atoms with van der Waals surface area (Å²) in [7, 11) is 1.58. The Kier molecular flexibility index (Phi) is 4.55. The van der Waals surface area contributed by atoms with Crippen molar-refractivity contribution in [3.8, 4) is 0 Å². The quantitative estimate of drug-likeness (QED) is 0.858. The zero-order valence-corrected chi connectivity index (χ0v) is 13.9. The van der Waals surface area contributed by atoms with Crippen LogP contribution in [-0.4, -0.2) is 58.9 Å². The molecule has 1 aliphatic heterocycles. The average molecular weight is 334 g/mol. The number of aryl methyl sites for hydroxylation is 1. The number of aromatic nitrogens is 1. The molecule has 2 aliphatic rings. The van der Waals surface area contributed by atoms with E-state index in [0.717, 1.165) is 19.3 Å². The van der Waals surface area contributed by atoms with Crippen molar-refractivity contribution in [3.63, 3.8) is 0 Å². The molecule has 2 fully saturated rings. The molecule has 1 saturated heterocycles. The summed E-state index contributed by atoms with van der Waals surface area (Å²) in [6, 6.07) is 1.16. The van der Waals surface area contributed by atoms with Crippen molar-refractivity contribution in [2.45, 2.75) is 38.6 Å².